The van der Waals surface area contributed by atoms with E-state index in [4.69, 9.17) is 23.8 Å². The fraction of sp³-hybridized carbons (Fsp3) is 0.214. The summed E-state index contributed by atoms with van der Waals surface area (Å²) in [4.78, 5) is 22.9. The normalized spacial score (nSPS) is 10.6. The molecule has 1 aromatic heterocycles. The van der Waals surface area contributed by atoms with Crippen molar-refractivity contribution in [1.82, 2.24) is 4.98 Å². The van der Waals surface area contributed by atoms with Crippen LogP contribution in [-0.2, 0) is 4.74 Å². The van der Waals surface area contributed by atoms with E-state index in [0.29, 0.717) is 39.8 Å². The van der Waals surface area contributed by atoms with Crippen LogP contribution in [0, 0.1) is 19.7 Å². The van der Waals surface area contributed by atoms with Gasteiger partial charge in [-0.1, -0.05) is 6.07 Å². The molecule has 0 unspecified atom stereocenters. The van der Waals surface area contributed by atoms with Crippen molar-refractivity contribution in [3.8, 4) is 28.7 Å². The molecule has 0 spiro atoms. The fourth-order valence-electron chi connectivity index (χ4n) is 3.75. The molecule has 0 aliphatic carbocycles. The van der Waals surface area contributed by atoms with E-state index >= 15 is 0 Å². The van der Waals surface area contributed by atoms with Gasteiger partial charge < -0.3 is 23.8 Å². The summed E-state index contributed by atoms with van der Waals surface area (Å²) in [6.45, 7) is 5.49. The zero-order chi connectivity index (χ0) is 26.5. The van der Waals surface area contributed by atoms with Crippen LogP contribution in [0.1, 0.15) is 18.1 Å². The average molecular weight is 507 g/mol. The number of halogens is 1. The van der Waals surface area contributed by atoms with Crippen LogP contribution in [0.4, 0.5) is 14.9 Å². The van der Waals surface area contributed by atoms with Crippen LogP contribution in [-0.4, -0.2) is 31.9 Å². The van der Waals surface area contributed by atoms with Crippen molar-refractivity contribution in [2.75, 3.05) is 25.9 Å². The van der Waals surface area contributed by atoms with Gasteiger partial charge in [0.25, 0.3) is 0 Å². The molecule has 37 heavy (non-hydrogen) atoms. The highest BCUT2D eigenvalue weighted by molar-refractivity contribution is 5.89. The van der Waals surface area contributed by atoms with E-state index < -0.39 is 11.9 Å². The maximum absolute atomic E-state index is 13.7. The van der Waals surface area contributed by atoms with Gasteiger partial charge in [0, 0.05) is 23.7 Å². The molecular weight excluding hydrogens is 479 g/mol. The summed E-state index contributed by atoms with van der Waals surface area (Å²) >= 11 is 0. The van der Waals surface area contributed by atoms with Gasteiger partial charge in [-0.15, -0.1) is 5.06 Å². The molecule has 0 saturated carbocycles. The van der Waals surface area contributed by atoms with Gasteiger partial charge in [-0.05, 0) is 68.3 Å². The first-order valence-electron chi connectivity index (χ1n) is 11.5. The molecule has 4 aromatic rings. The van der Waals surface area contributed by atoms with E-state index in [0.717, 1.165) is 16.0 Å². The van der Waals surface area contributed by atoms with Crippen molar-refractivity contribution >= 4 is 22.7 Å². The number of ether oxygens (including phenoxy) is 4. The Balaban J connectivity index is 1.71. The standard InChI is InChI=1S/C28H27FN2O6/c1-6-35-28(32)31(37-20-9-7-8-19(29)14-20)23-12-18(3)25(13-17(23)2)36-24-10-11-30-22-16-27(34-5)26(33-4)15-21(22)24/h7-16H,6H2,1-5H3. The number of benzene rings is 3. The van der Waals surface area contributed by atoms with Crippen LogP contribution in [0.25, 0.3) is 10.9 Å². The van der Waals surface area contributed by atoms with Crippen LogP contribution in [0.2, 0.25) is 0 Å². The smallest absolute Gasteiger partial charge is 0.448 e. The molecule has 1 amide bonds. The number of aryl methyl sites for hydroxylation is 2. The average Bonchev–Trinajstić information content (AvgIpc) is 2.89. The largest absolute Gasteiger partial charge is 0.493 e. The van der Waals surface area contributed by atoms with Gasteiger partial charge in [0.15, 0.2) is 17.2 Å². The molecule has 4 rings (SSSR count). The lowest BCUT2D eigenvalue weighted by molar-refractivity contribution is 0.131. The molecule has 0 atom stereocenters. The highest BCUT2D eigenvalue weighted by Gasteiger charge is 2.24. The topological polar surface area (TPSA) is 79.4 Å². The number of anilines is 1. The number of rotatable bonds is 8. The Bertz CT molecular complexity index is 1440. The minimum absolute atomic E-state index is 0.143. The highest BCUT2D eigenvalue weighted by atomic mass is 19.1. The van der Waals surface area contributed by atoms with E-state index in [-0.39, 0.29) is 12.4 Å². The zero-order valence-electron chi connectivity index (χ0n) is 21.2. The van der Waals surface area contributed by atoms with E-state index in [9.17, 15) is 9.18 Å². The SMILES string of the molecule is CCOC(=O)N(Oc1cccc(F)c1)c1cc(C)c(Oc2ccnc3cc(OC)c(OC)cc23)cc1C. The zero-order valence-corrected chi connectivity index (χ0v) is 21.2. The molecule has 0 N–H and O–H groups in total. The molecule has 1 heterocycles. The predicted molar refractivity (Wildman–Crippen MR) is 137 cm³/mol. The molecule has 8 nitrogen and oxygen atoms in total. The summed E-state index contributed by atoms with van der Waals surface area (Å²) in [7, 11) is 3.13. The molecule has 0 saturated heterocycles. The van der Waals surface area contributed by atoms with Gasteiger partial charge >= 0.3 is 6.09 Å². The fourth-order valence-corrected chi connectivity index (χ4v) is 3.75. The van der Waals surface area contributed by atoms with Crippen molar-refractivity contribution in [3.63, 3.8) is 0 Å². The first-order valence-corrected chi connectivity index (χ1v) is 11.5. The third-order valence-corrected chi connectivity index (χ3v) is 5.57. The number of fused-ring (bicyclic) bond motifs is 1. The number of pyridine rings is 1. The third kappa shape index (κ3) is 5.50. The van der Waals surface area contributed by atoms with Crippen LogP contribution >= 0.6 is 0 Å². The van der Waals surface area contributed by atoms with E-state index in [2.05, 4.69) is 4.98 Å². The summed E-state index contributed by atoms with van der Waals surface area (Å²) in [5.41, 5.74) is 2.50. The highest BCUT2D eigenvalue weighted by Crippen LogP contribution is 2.39. The molecule has 0 aliphatic rings. The number of hydroxylamine groups is 1. The molecular formula is C28H27FN2O6. The summed E-state index contributed by atoms with van der Waals surface area (Å²) < 4.78 is 36.0. The van der Waals surface area contributed by atoms with Crippen molar-refractivity contribution in [3.05, 3.63) is 77.7 Å². The Labute approximate surface area is 214 Å². The molecule has 0 fully saturated rings. The van der Waals surface area contributed by atoms with E-state index in [1.165, 1.54) is 18.2 Å². The third-order valence-electron chi connectivity index (χ3n) is 5.57. The maximum atomic E-state index is 13.7. The van der Waals surface area contributed by atoms with Gasteiger partial charge in [-0.25, -0.2) is 9.18 Å². The number of hydrogen-bond donors (Lipinski definition) is 0. The van der Waals surface area contributed by atoms with Crippen molar-refractivity contribution in [1.29, 1.82) is 0 Å². The monoisotopic (exact) mass is 506 g/mol. The molecule has 9 heteroatoms. The van der Waals surface area contributed by atoms with Crippen LogP contribution in [0.15, 0.2) is 60.8 Å². The number of carbonyl (C=O) groups excluding carboxylic acids is 1. The molecule has 0 aliphatic heterocycles. The quantitative estimate of drug-likeness (QED) is 0.244. The van der Waals surface area contributed by atoms with Crippen LogP contribution in [0.5, 0.6) is 28.7 Å². The van der Waals surface area contributed by atoms with Gasteiger partial charge in [-0.3, -0.25) is 4.98 Å². The number of aromatic nitrogens is 1. The summed E-state index contributed by atoms with van der Waals surface area (Å²) in [6.07, 6.45) is 0.916. The van der Waals surface area contributed by atoms with E-state index in [1.54, 1.807) is 64.6 Å². The molecule has 192 valence electrons. The van der Waals surface area contributed by atoms with Crippen LogP contribution in [0.3, 0.4) is 0 Å². The minimum Gasteiger partial charge on any atom is -0.493 e. The Kier molecular flexibility index (Phi) is 7.62. The Morgan fingerprint density at radius 1 is 0.919 bits per heavy atom. The number of hydrogen-bond acceptors (Lipinski definition) is 7. The predicted octanol–water partition coefficient (Wildman–Crippen LogP) is 6.76. The van der Waals surface area contributed by atoms with E-state index in [1.807, 2.05) is 13.0 Å². The lowest BCUT2D eigenvalue weighted by Gasteiger charge is -2.24. The van der Waals surface area contributed by atoms with Gasteiger partial charge in [0.05, 0.1) is 32.0 Å². The Morgan fingerprint density at radius 2 is 1.68 bits per heavy atom. The summed E-state index contributed by atoms with van der Waals surface area (Å²) in [6, 6.07) is 14.4. The number of amides is 1. The Hall–Kier alpha value is -4.53. The lowest BCUT2D eigenvalue weighted by Crippen LogP contribution is -2.35. The maximum Gasteiger partial charge on any atom is 0.448 e. The first kappa shape index (κ1) is 25.6. The van der Waals surface area contributed by atoms with Gasteiger partial charge in [0.2, 0.25) is 0 Å². The second-order valence-electron chi connectivity index (χ2n) is 8.08. The van der Waals surface area contributed by atoms with Crippen molar-refractivity contribution in [2.24, 2.45) is 0 Å². The molecule has 3 aromatic carbocycles. The van der Waals surface area contributed by atoms with Crippen molar-refractivity contribution in [2.45, 2.75) is 20.8 Å². The Morgan fingerprint density at radius 3 is 2.38 bits per heavy atom. The summed E-state index contributed by atoms with van der Waals surface area (Å²) in [5.74, 6) is 1.91. The van der Waals surface area contributed by atoms with Gasteiger partial charge in [-0.2, -0.15) is 0 Å². The van der Waals surface area contributed by atoms with Crippen molar-refractivity contribution < 1.29 is 33.0 Å². The van der Waals surface area contributed by atoms with Crippen LogP contribution < -0.4 is 24.1 Å². The second kappa shape index (κ2) is 11.0. The number of nitrogens with zero attached hydrogens (tertiary/aromatic N) is 2. The number of carbonyl (C=O) groups is 1. The second-order valence-corrected chi connectivity index (χ2v) is 8.08. The minimum atomic E-state index is -0.732. The van der Waals surface area contributed by atoms with Gasteiger partial charge in [0.1, 0.15) is 17.3 Å². The first-order chi connectivity index (χ1) is 17.8. The molecule has 0 bridgehead atoms. The summed E-state index contributed by atoms with van der Waals surface area (Å²) in [5, 5.41) is 1.74. The molecule has 0 radical (unpaired) electrons. The lowest BCUT2D eigenvalue weighted by atomic mass is 10.1. The number of methoxy groups -OCH3 is 2.